The van der Waals surface area contributed by atoms with E-state index in [1.165, 1.54) is 0 Å². The lowest BCUT2D eigenvalue weighted by Crippen LogP contribution is -2.32. The molecule has 0 aliphatic heterocycles. The van der Waals surface area contributed by atoms with Gasteiger partial charge in [0.25, 0.3) is 5.56 Å². The lowest BCUT2D eigenvalue weighted by atomic mass is 10.1. The van der Waals surface area contributed by atoms with Crippen molar-refractivity contribution in [2.75, 3.05) is 19.5 Å². The second kappa shape index (κ2) is 9.07. The fourth-order valence-corrected chi connectivity index (χ4v) is 4.02. The highest BCUT2D eigenvalue weighted by Gasteiger charge is 2.21. The number of hydrogen-bond donors (Lipinski definition) is 2. The molecule has 0 radical (unpaired) electrons. The molecule has 2 amide bonds. The summed E-state index contributed by atoms with van der Waals surface area (Å²) in [5, 5.41) is 11.6. The van der Waals surface area contributed by atoms with E-state index >= 15 is 0 Å². The van der Waals surface area contributed by atoms with E-state index < -0.39 is 0 Å². The van der Waals surface area contributed by atoms with Crippen LogP contribution in [0.2, 0.25) is 0 Å². The molecule has 0 atom stereocenters. The number of amides is 2. The zero-order chi connectivity index (χ0) is 21.8. The van der Waals surface area contributed by atoms with Crippen LogP contribution in [-0.2, 0) is 6.54 Å². The number of ether oxygens (including phenoxy) is 2. The monoisotopic (exact) mass is 422 g/mol. The first-order valence-electron chi connectivity index (χ1n) is 10.4. The second-order valence-corrected chi connectivity index (χ2v) is 7.59. The van der Waals surface area contributed by atoms with Crippen molar-refractivity contribution in [2.45, 2.75) is 38.3 Å². The number of carbonyl (C=O) groups excluding carboxylic acids is 1. The molecular formula is C23H26N4O4. The normalized spacial score (nSPS) is 13.9. The lowest BCUT2D eigenvalue weighted by Gasteiger charge is -2.16. The van der Waals surface area contributed by atoms with Crippen LogP contribution in [-0.4, -0.2) is 30.0 Å². The molecule has 3 aromatic rings. The van der Waals surface area contributed by atoms with Crippen molar-refractivity contribution in [3.63, 3.8) is 0 Å². The van der Waals surface area contributed by atoms with Gasteiger partial charge >= 0.3 is 6.03 Å². The number of urea groups is 1. The fraction of sp³-hybridized carbons (Fsp3) is 0.348. The third-order valence-electron chi connectivity index (χ3n) is 5.60. The summed E-state index contributed by atoms with van der Waals surface area (Å²) in [6, 6.07) is 12.3. The number of benzene rings is 2. The molecule has 2 N–H and O–H groups in total. The molecule has 162 valence electrons. The molecule has 1 saturated carbocycles. The predicted molar refractivity (Wildman–Crippen MR) is 119 cm³/mol. The molecule has 2 aromatic carbocycles. The maximum Gasteiger partial charge on any atom is 0.319 e. The van der Waals surface area contributed by atoms with Crippen molar-refractivity contribution in [1.29, 1.82) is 0 Å². The summed E-state index contributed by atoms with van der Waals surface area (Å²) in [7, 11) is 3.10. The van der Waals surface area contributed by atoms with Crippen LogP contribution >= 0.6 is 0 Å². The molecule has 1 aliphatic rings. The average Bonchev–Trinajstić information content (AvgIpc) is 3.33. The number of anilines is 1. The van der Waals surface area contributed by atoms with E-state index in [-0.39, 0.29) is 24.2 Å². The smallest absolute Gasteiger partial charge is 0.319 e. The third kappa shape index (κ3) is 4.47. The predicted octanol–water partition coefficient (Wildman–Crippen LogP) is 3.85. The maximum absolute atomic E-state index is 12.9. The lowest BCUT2D eigenvalue weighted by molar-refractivity contribution is 0.251. The first-order chi connectivity index (χ1) is 15.1. The SMILES string of the molecule is COc1cc(NC(=O)NCc2nn(C3CCCC3)c(=O)c3ccccc23)cc(OC)c1. The highest BCUT2D eigenvalue weighted by atomic mass is 16.5. The van der Waals surface area contributed by atoms with Crippen molar-refractivity contribution >= 4 is 22.5 Å². The van der Waals surface area contributed by atoms with Gasteiger partial charge in [0.15, 0.2) is 0 Å². The first-order valence-corrected chi connectivity index (χ1v) is 10.4. The standard InChI is InChI=1S/C23H26N4O4/c1-30-17-11-15(12-18(13-17)31-2)25-23(29)24-14-21-19-9-5-6-10-20(19)22(28)27(26-21)16-7-3-4-8-16/h5-6,9-13,16H,3-4,7-8,14H2,1-2H3,(H2,24,25,29). The quantitative estimate of drug-likeness (QED) is 0.629. The van der Waals surface area contributed by atoms with Crippen molar-refractivity contribution in [2.24, 2.45) is 0 Å². The van der Waals surface area contributed by atoms with Crippen LogP contribution in [0.4, 0.5) is 10.5 Å². The molecule has 1 aliphatic carbocycles. The Kier molecular flexibility index (Phi) is 6.06. The van der Waals surface area contributed by atoms with Gasteiger partial charge in [0.2, 0.25) is 0 Å². The van der Waals surface area contributed by atoms with Crippen molar-refractivity contribution < 1.29 is 14.3 Å². The van der Waals surface area contributed by atoms with Gasteiger partial charge in [0, 0.05) is 29.3 Å². The summed E-state index contributed by atoms with van der Waals surface area (Å²) in [5.41, 5.74) is 1.14. The molecule has 1 aromatic heterocycles. The summed E-state index contributed by atoms with van der Waals surface area (Å²) < 4.78 is 12.1. The number of hydrogen-bond acceptors (Lipinski definition) is 5. The van der Waals surface area contributed by atoms with Crippen molar-refractivity contribution in [3.8, 4) is 11.5 Å². The van der Waals surface area contributed by atoms with Crippen LogP contribution in [0.1, 0.15) is 37.4 Å². The summed E-state index contributed by atoms with van der Waals surface area (Å²) in [6.45, 7) is 0.195. The zero-order valence-electron chi connectivity index (χ0n) is 17.7. The molecule has 8 nitrogen and oxygen atoms in total. The second-order valence-electron chi connectivity index (χ2n) is 7.59. The number of nitrogens with one attached hydrogen (secondary N) is 2. The van der Waals surface area contributed by atoms with E-state index in [1.807, 2.05) is 24.3 Å². The summed E-state index contributed by atoms with van der Waals surface area (Å²) in [5.74, 6) is 1.15. The van der Waals surface area contributed by atoms with E-state index in [0.29, 0.717) is 28.3 Å². The Morgan fingerprint density at radius 1 is 1.06 bits per heavy atom. The third-order valence-corrected chi connectivity index (χ3v) is 5.60. The number of aromatic nitrogens is 2. The van der Waals surface area contributed by atoms with Crippen LogP contribution in [0.5, 0.6) is 11.5 Å². The van der Waals surface area contributed by atoms with Crippen molar-refractivity contribution in [3.05, 3.63) is 58.5 Å². The van der Waals surface area contributed by atoms with Gasteiger partial charge in [-0.1, -0.05) is 31.0 Å². The number of fused-ring (bicyclic) bond motifs is 1. The molecule has 1 fully saturated rings. The van der Waals surface area contributed by atoms with Crippen LogP contribution in [0.3, 0.4) is 0 Å². The Balaban J connectivity index is 1.55. The van der Waals surface area contributed by atoms with Gasteiger partial charge in [0.1, 0.15) is 11.5 Å². The molecule has 4 rings (SSSR count). The van der Waals surface area contributed by atoms with Crippen LogP contribution in [0, 0.1) is 0 Å². The molecule has 0 unspecified atom stereocenters. The molecular weight excluding hydrogens is 396 g/mol. The van der Waals surface area contributed by atoms with Gasteiger partial charge in [-0.3, -0.25) is 4.79 Å². The molecule has 1 heterocycles. The molecule has 0 spiro atoms. The number of rotatable bonds is 6. The topological polar surface area (TPSA) is 94.5 Å². The Morgan fingerprint density at radius 3 is 2.35 bits per heavy atom. The number of nitrogens with zero attached hydrogens (tertiary/aromatic N) is 2. The molecule has 31 heavy (non-hydrogen) atoms. The van der Waals surface area contributed by atoms with Gasteiger partial charge in [0.05, 0.1) is 37.9 Å². The Labute approximate surface area is 180 Å². The van der Waals surface area contributed by atoms with E-state index in [9.17, 15) is 9.59 Å². The largest absolute Gasteiger partial charge is 0.497 e. The Morgan fingerprint density at radius 2 is 1.71 bits per heavy atom. The minimum atomic E-state index is -0.389. The average molecular weight is 422 g/mol. The van der Waals surface area contributed by atoms with Crippen LogP contribution in [0.15, 0.2) is 47.3 Å². The van der Waals surface area contributed by atoms with E-state index in [1.54, 1.807) is 37.1 Å². The van der Waals surface area contributed by atoms with Gasteiger partial charge in [-0.05, 0) is 18.9 Å². The van der Waals surface area contributed by atoms with Gasteiger partial charge in [-0.15, -0.1) is 0 Å². The summed E-state index contributed by atoms with van der Waals surface area (Å²) >= 11 is 0. The minimum absolute atomic E-state index is 0.0702. The number of methoxy groups -OCH3 is 2. The Bertz CT molecular complexity index is 1130. The summed E-state index contributed by atoms with van der Waals surface area (Å²) in [6.07, 6.45) is 4.11. The van der Waals surface area contributed by atoms with E-state index in [0.717, 1.165) is 31.1 Å². The molecule has 0 bridgehead atoms. The van der Waals surface area contributed by atoms with Crippen molar-refractivity contribution in [1.82, 2.24) is 15.1 Å². The van der Waals surface area contributed by atoms with Gasteiger partial charge in [-0.25, -0.2) is 9.48 Å². The van der Waals surface area contributed by atoms with Gasteiger partial charge < -0.3 is 20.1 Å². The highest BCUT2D eigenvalue weighted by molar-refractivity contribution is 5.90. The fourth-order valence-electron chi connectivity index (χ4n) is 4.02. The Hall–Kier alpha value is -3.55. The maximum atomic E-state index is 12.9. The van der Waals surface area contributed by atoms with Crippen LogP contribution in [0.25, 0.3) is 10.8 Å². The van der Waals surface area contributed by atoms with Gasteiger partial charge in [-0.2, -0.15) is 5.10 Å². The highest BCUT2D eigenvalue weighted by Crippen LogP contribution is 2.28. The van der Waals surface area contributed by atoms with Crippen LogP contribution < -0.4 is 25.7 Å². The summed E-state index contributed by atoms with van der Waals surface area (Å²) in [4.78, 5) is 25.5. The molecule has 8 heteroatoms. The van der Waals surface area contributed by atoms with E-state index in [2.05, 4.69) is 15.7 Å². The minimum Gasteiger partial charge on any atom is -0.497 e. The van der Waals surface area contributed by atoms with E-state index in [4.69, 9.17) is 9.47 Å². The molecule has 0 saturated heterocycles. The zero-order valence-corrected chi connectivity index (χ0v) is 17.7. The number of carbonyl (C=O) groups is 1. The first kappa shape index (κ1) is 20.7.